The lowest BCUT2D eigenvalue weighted by Crippen LogP contribution is -2.40. The molecule has 0 aromatic carbocycles. The van der Waals surface area contributed by atoms with Crippen molar-refractivity contribution in [2.45, 2.75) is 78.4 Å². The van der Waals surface area contributed by atoms with E-state index in [1.54, 1.807) is 0 Å². The van der Waals surface area contributed by atoms with E-state index in [0.29, 0.717) is 11.6 Å². The molecule has 0 saturated carbocycles. The summed E-state index contributed by atoms with van der Waals surface area (Å²) in [5, 5.41) is 0.292. The van der Waals surface area contributed by atoms with Gasteiger partial charge in [-0.1, -0.05) is 47.5 Å². The molecule has 1 nitrogen and oxygen atoms in total. The Hall–Kier alpha value is -0.303. The molecule has 0 atom stereocenters. The van der Waals surface area contributed by atoms with Crippen LogP contribution in [0.15, 0.2) is 17.4 Å². The van der Waals surface area contributed by atoms with Gasteiger partial charge in [0, 0.05) is 0 Å². The summed E-state index contributed by atoms with van der Waals surface area (Å²) in [5.74, 6) is 0. The van der Waals surface area contributed by atoms with Gasteiger partial charge in [-0.25, -0.2) is 0 Å². The maximum absolute atomic E-state index is 6.11. The SMILES string of the molecule is CCCC(=C=CCO[Si](C)(C)C(C)(C)C)CCC. The van der Waals surface area contributed by atoms with Gasteiger partial charge in [-0.05, 0) is 42.6 Å². The van der Waals surface area contributed by atoms with Crippen LogP contribution in [-0.4, -0.2) is 14.9 Å². The van der Waals surface area contributed by atoms with Crippen molar-refractivity contribution >= 4 is 8.32 Å². The molecule has 0 spiro atoms. The summed E-state index contributed by atoms with van der Waals surface area (Å²) in [7, 11) is -1.59. The molecule has 106 valence electrons. The molecule has 18 heavy (non-hydrogen) atoms. The normalized spacial score (nSPS) is 12.2. The Bertz CT molecular complexity index is 283. The summed E-state index contributed by atoms with van der Waals surface area (Å²) < 4.78 is 6.11. The zero-order chi connectivity index (χ0) is 14.2. The predicted octanol–water partition coefficient (Wildman–Crippen LogP) is 5.69. The summed E-state index contributed by atoms with van der Waals surface area (Å²) in [6, 6.07) is 0. The van der Waals surface area contributed by atoms with Crippen LogP contribution in [0.2, 0.25) is 18.1 Å². The highest BCUT2D eigenvalue weighted by molar-refractivity contribution is 6.74. The Kier molecular flexibility index (Phi) is 7.85. The molecular formula is C16H32OSi. The largest absolute Gasteiger partial charge is 0.413 e. The Balaban J connectivity index is 4.42. The van der Waals surface area contributed by atoms with Gasteiger partial charge in [0.15, 0.2) is 8.32 Å². The number of hydrogen-bond donors (Lipinski definition) is 0. The van der Waals surface area contributed by atoms with E-state index >= 15 is 0 Å². The molecule has 0 unspecified atom stereocenters. The molecule has 0 aliphatic carbocycles. The summed E-state index contributed by atoms with van der Waals surface area (Å²) in [4.78, 5) is 0. The summed E-state index contributed by atoms with van der Waals surface area (Å²) >= 11 is 0. The Morgan fingerprint density at radius 2 is 1.61 bits per heavy atom. The van der Waals surface area contributed by atoms with Gasteiger partial charge >= 0.3 is 0 Å². The lowest BCUT2D eigenvalue weighted by molar-refractivity contribution is 0.328. The van der Waals surface area contributed by atoms with E-state index in [1.807, 2.05) is 0 Å². The van der Waals surface area contributed by atoms with Crippen LogP contribution < -0.4 is 0 Å². The summed E-state index contributed by atoms with van der Waals surface area (Å²) in [5.41, 5.74) is 4.88. The van der Waals surface area contributed by atoms with Crippen molar-refractivity contribution in [1.29, 1.82) is 0 Å². The predicted molar refractivity (Wildman–Crippen MR) is 84.6 cm³/mol. The lowest BCUT2D eigenvalue weighted by atomic mass is 10.1. The van der Waals surface area contributed by atoms with E-state index in [4.69, 9.17) is 4.43 Å². The van der Waals surface area contributed by atoms with Crippen LogP contribution in [0.1, 0.15) is 60.3 Å². The van der Waals surface area contributed by atoms with E-state index in [9.17, 15) is 0 Å². The molecule has 0 fully saturated rings. The van der Waals surface area contributed by atoms with Crippen molar-refractivity contribution in [3.63, 3.8) is 0 Å². The Morgan fingerprint density at radius 3 is 2.00 bits per heavy atom. The van der Waals surface area contributed by atoms with Crippen LogP contribution in [0.3, 0.4) is 0 Å². The first-order valence-electron chi connectivity index (χ1n) is 7.31. The highest BCUT2D eigenvalue weighted by Crippen LogP contribution is 2.36. The van der Waals surface area contributed by atoms with Crippen molar-refractivity contribution in [1.82, 2.24) is 0 Å². The van der Waals surface area contributed by atoms with Gasteiger partial charge in [0.1, 0.15) is 0 Å². The van der Waals surface area contributed by atoms with Gasteiger partial charge in [0.25, 0.3) is 0 Å². The fourth-order valence-electron chi connectivity index (χ4n) is 1.53. The van der Waals surface area contributed by atoms with Gasteiger partial charge in [-0.2, -0.15) is 0 Å². The maximum atomic E-state index is 6.11. The molecule has 0 heterocycles. The first-order chi connectivity index (χ1) is 8.24. The molecule has 0 N–H and O–H groups in total. The monoisotopic (exact) mass is 268 g/mol. The molecule has 0 aliphatic rings. The van der Waals surface area contributed by atoms with Gasteiger partial charge in [-0.3, -0.25) is 0 Å². The molecule has 0 radical (unpaired) electrons. The summed E-state index contributed by atoms with van der Waals surface area (Å²) in [6.07, 6.45) is 6.84. The number of rotatable bonds is 7. The third-order valence-electron chi connectivity index (χ3n) is 3.74. The third-order valence-corrected chi connectivity index (χ3v) is 8.24. The van der Waals surface area contributed by atoms with Gasteiger partial charge in [0.2, 0.25) is 0 Å². The standard InChI is InChI=1S/C16H32OSi/c1-8-11-15(12-9-2)13-10-14-17-18(6,7)16(3,4)5/h10H,8-9,11-12,14H2,1-7H3. The maximum Gasteiger partial charge on any atom is 0.192 e. The molecule has 0 aromatic heterocycles. The topological polar surface area (TPSA) is 9.23 Å². The highest BCUT2D eigenvalue weighted by atomic mass is 28.4. The van der Waals surface area contributed by atoms with E-state index in [0.717, 1.165) is 0 Å². The van der Waals surface area contributed by atoms with E-state index in [-0.39, 0.29) is 0 Å². The second kappa shape index (κ2) is 7.99. The number of hydrogen-bond acceptors (Lipinski definition) is 1. The smallest absolute Gasteiger partial charge is 0.192 e. The van der Waals surface area contributed by atoms with E-state index in [2.05, 4.69) is 59.5 Å². The minimum absolute atomic E-state index is 0.292. The molecular weight excluding hydrogens is 236 g/mol. The van der Waals surface area contributed by atoms with Crippen molar-refractivity contribution < 1.29 is 4.43 Å². The second-order valence-electron chi connectivity index (χ2n) is 6.52. The molecule has 2 heteroatoms. The van der Waals surface area contributed by atoms with Crippen molar-refractivity contribution in [2.24, 2.45) is 0 Å². The van der Waals surface area contributed by atoms with Gasteiger partial charge in [-0.15, -0.1) is 5.73 Å². The average molecular weight is 269 g/mol. The molecule has 0 aliphatic heterocycles. The summed E-state index contributed by atoms with van der Waals surface area (Å²) in [6.45, 7) is 16.6. The van der Waals surface area contributed by atoms with Crippen molar-refractivity contribution in [2.75, 3.05) is 6.61 Å². The lowest BCUT2D eigenvalue weighted by Gasteiger charge is -2.35. The van der Waals surface area contributed by atoms with Crippen molar-refractivity contribution in [3.05, 3.63) is 17.4 Å². The molecule has 0 rings (SSSR count). The second-order valence-corrected chi connectivity index (χ2v) is 11.3. The zero-order valence-corrected chi connectivity index (χ0v) is 14.5. The van der Waals surface area contributed by atoms with Crippen LogP contribution in [0.25, 0.3) is 0 Å². The van der Waals surface area contributed by atoms with Crippen LogP contribution in [0.5, 0.6) is 0 Å². The van der Waals surface area contributed by atoms with Crippen molar-refractivity contribution in [3.8, 4) is 0 Å². The Morgan fingerprint density at radius 1 is 1.11 bits per heavy atom. The zero-order valence-electron chi connectivity index (χ0n) is 13.5. The first-order valence-corrected chi connectivity index (χ1v) is 10.2. The first kappa shape index (κ1) is 17.7. The van der Waals surface area contributed by atoms with Crippen LogP contribution >= 0.6 is 0 Å². The molecule has 0 saturated heterocycles. The highest BCUT2D eigenvalue weighted by Gasteiger charge is 2.36. The van der Waals surface area contributed by atoms with E-state index in [1.165, 1.54) is 31.3 Å². The quantitative estimate of drug-likeness (QED) is 0.426. The Labute approximate surface area is 115 Å². The molecule has 0 aromatic rings. The third kappa shape index (κ3) is 6.58. The minimum atomic E-state index is -1.59. The fourth-order valence-corrected chi connectivity index (χ4v) is 2.46. The van der Waals surface area contributed by atoms with Crippen LogP contribution in [-0.2, 0) is 4.43 Å². The van der Waals surface area contributed by atoms with Gasteiger partial charge < -0.3 is 4.43 Å². The average Bonchev–Trinajstić information content (AvgIpc) is 2.23. The minimum Gasteiger partial charge on any atom is -0.413 e. The fraction of sp³-hybridized carbons (Fsp3) is 0.812. The van der Waals surface area contributed by atoms with Gasteiger partial charge in [0.05, 0.1) is 6.61 Å². The molecule has 0 bridgehead atoms. The van der Waals surface area contributed by atoms with Crippen LogP contribution in [0.4, 0.5) is 0 Å². The van der Waals surface area contributed by atoms with E-state index < -0.39 is 8.32 Å². The molecule has 0 amide bonds. The van der Waals surface area contributed by atoms with Crippen LogP contribution in [0, 0.1) is 0 Å².